The summed E-state index contributed by atoms with van der Waals surface area (Å²) in [7, 11) is 1.38. The van der Waals surface area contributed by atoms with E-state index in [2.05, 4.69) is 15.9 Å². The van der Waals surface area contributed by atoms with E-state index in [-0.39, 0.29) is 36.3 Å². The van der Waals surface area contributed by atoms with Crippen LogP contribution in [0.4, 0.5) is 0 Å². The molecule has 202 valence electrons. The minimum absolute atomic E-state index is 0.0991. The Hall–Kier alpha value is -2.63. The van der Waals surface area contributed by atoms with Crippen LogP contribution >= 0.6 is 39.1 Å². The normalized spacial score (nSPS) is 34.2. The second-order valence-corrected chi connectivity index (χ2v) is 11.6. The number of benzene rings is 1. The second kappa shape index (κ2) is 9.24. The van der Waals surface area contributed by atoms with Gasteiger partial charge in [-0.25, -0.2) is 0 Å². The first-order valence-corrected chi connectivity index (χ1v) is 13.7. The highest BCUT2D eigenvalue weighted by atomic mass is 79.9. The van der Waals surface area contributed by atoms with Crippen molar-refractivity contribution in [1.82, 2.24) is 9.80 Å². The molecule has 38 heavy (non-hydrogen) atoms. The third-order valence-corrected chi connectivity index (χ3v) is 10.1. The number of hydrogen-bond donors (Lipinski definition) is 2. The molecular weight excluding hydrogens is 607 g/mol. The first-order chi connectivity index (χ1) is 17.9. The van der Waals surface area contributed by atoms with Crippen LogP contribution in [0.3, 0.4) is 0 Å². The molecule has 3 fully saturated rings. The molecule has 0 bridgehead atoms. The summed E-state index contributed by atoms with van der Waals surface area (Å²) < 4.78 is 5.50. The van der Waals surface area contributed by atoms with Gasteiger partial charge < -0.3 is 14.9 Å². The molecule has 2 heterocycles. The molecule has 6 unspecified atom stereocenters. The third-order valence-electron chi connectivity index (χ3n) is 8.18. The molecule has 10 nitrogen and oxygen atoms in total. The molecule has 0 spiro atoms. The SMILES string of the molecule is COc1cc(O)ccc1C1C2=CCC3C(=O)N(CCC(=O)O)C(=O)C3C2CC2(Cl)C(=O)N(CBr)C(=O)C12Cl. The molecule has 2 saturated heterocycles. The molecule has 2 N–H and O–H groups in total. The van der Waals surface area contributed by atoms with Gasteiger partial charge in [0.25, 0.3) is 11.8 Å². The van der Waals surface area contributed by atoms with Gasteiger partial charge in [-0.1, -0.05) is 33.6 Å². The number of imide groups is 2. The van der Waals surface area contributed by atoms with Gasteiger partial charge in [-0.05, 0) is 24.8 Å². The summed E-state index contributed by atoms with van der Waals surface area (Å²) in [5.74, 6) is -6.92. The molecule has 6 atom stereocenters. The lowest BCUT2D eigenvalue weighted by atomic mass is 9.56. The van der Waals surface area contributed by atoms with Crippen molar-refractivity contribution in [2.75, 3.05) is 19.1 Å². The Kier molecular flexibility index (Phi) is 6.55. The van der Waals surface area contributed by atoms with Gasteiger partial charge in [0.05, 0.1) is 30.8 Å². The number of fused-ring (bicyclic) bond motifs is 4. The zero-order valence-corrected chi connectivity index (χ0v) is 23.1. The van der Waals surface area contributed by atoms with E-state index in [4.69, 9.17) is 33.0 Å². The zero-order chi connectivity index (χ0) is 27.7. The third kappa shape index (κ3) is 3.47. The average Bonchev–Trinajstić information content (AvgIpc) is 3.20. The molecule has 13 heteroatoms. The number of carboxylic acid groups (broad SMARTS) is 1. The number of aliphatic carboxylic acids is 1. The standard InChI is InChI=1S/C25H23BrCl2N2O8/c1-38-16-8-11(31)2-3-13(16)19-12-4-5-14-18(21(35)29(20(14)34)7-6-17(32)33)15(12)9-24(27)22(36)30(10-26)23(37)25(19,24)28/h2-4,8,14-15,18-19,31H,5-7,9-10H2,1H3,(H,32,33). The number of aromatic hydroxyl groups is 1. The fraction of sp³-hybridized carbons (Fsp3) is 0.480. The first-order valence-electron chi connectivity index (χ1n) is 11.9. The van der Waals surface area contributed by atoms with E-state index in [1.165, 1.54) is 25.3 Å². The van der Waals surface area contributed by atoms with Gasteiger partial charge in [0.1, 0.15) is 11.5 Å². The molecule has 0 aromatic heterocycles. The lowest BCUT2D eigenvalue weighted by Crippen LogP contribution is -2.60. The highest BCUT2D eigenvalue weighted by Gasteiger charge is 2.76. The molecular formula is C25H23BrCl2N2O8. The van der Waals surface area contributed by atoms with E-state index < -0.39 is 69.4 Å². The number of allylic oxidation sites excluding steroid dienone is 2. The molecule has 5 rings (SSSR count). The lowest BCUT2D eigenvalue weighted by molar-refractivity contribution is -0.143. The van der Waals surface area contributed by atoms with Crippen molar-refractivity contribution in [3.63, 3.8) is 0 Å². The molecule has 1 saturated carbocycles. The Morgan fingerprint density at radius 1 is 1.13 bits per heavy atom. The number of hydrogen-bond acceptors (Lipinski definition) is 7. The Bertz CT molecular complexity index is 1320. The number of amides is 4. The highest BCUT2D eigenvalue weighted by Crippen LogP contribution is 2.66. The van der Waals surface area contributed by atoms with Gasteiger partial charge in [0, 0.05) is 24.1 Å². The minimum Gasteiger partial charge on any atom is -0.508 e. The number of halogens is 3. The Morgan fingerprint density at radius 2 is 1.84 bits per heavy atom. The Morgan fingerprint density at radius 3 is 2.47 bits per heavy atom. The summed E-state index contributed by atoms with van der Waals surface area (Å²) >= 11 is 17.4. The number of likely N-dealkylation sites (tertiary alicyclic amines) is 2. The van der Waals surface area contributed by atoms with E-state index in [1.54, 1.807) is 6.08 Å². The van der Waals surface area contributed by atoms with Crippen LogP contribution < -0.4 is 4.74 Å². The van der Waals surface area contributed by atoms with Gasteiger partial charge >= 0.3 is 5.97 Å². The molecule has 1 aromatic rings. The van der Waals surface area contributed by atoms with Gasteiger partial charge in [-0.15, -0.1) is 23.2 Å². The second-order valence-electron chi connectivity index (χ2n) is 9.88. The average molecular weight is 630 g/mol. The summed E-state index contributed by atoms with van der Waals surface area (Å²) in [4.78, 5) is 63.1. The lowest BCUT2D eigenvalue weighted by Gasteiger charge is -2.51. The smallest absolute Gasteiger partial charge is 0.305 e. The maximum absolute atomic E-state index is 13.7. The van der Waals surface area contributed by atoms with E-state index in [0.717, 1.165) is 9.80 Å². The number of phenolic OH excluding ortho intramolecular Hbond substituents is 1. The fourth-order valence-electron chi connectivity index (χ4n) is 6.53. The van der Waals surface area contributed by atoms with Crippen LogP contribution in [-0.2, 0) is 24.0 Å². The van der Waals surface area contributed by atoms with Crippen molar-refractivity contribution >= 4 is 68.7 Å². The van der Waals surface area contributed by atoms with Gasteiger partial charge in [0.15, 0.2) is 9.75 Å². The van der Waals surface area contributed by atoms with E-state index in [9.17, 15) is 29.1 Å². The maximum Gasteiger partial charge on any atom is 0.305 e. The maximum atomic E-state index is 13.7. The summed E-state index contributed by atoms with van der Waals surface area (Å²) in [6.07, 6.45) is 1.35. The number of nitrogens with zero attached hydrogens (tertiary/aromatic N) is 2. The monoisotopic (exact) mass is 628 g/mol. The van der Waals surface area contributed by atoms with E-state index in [1.807, 2.05) is 0 Å². The quantitative estimate of drug-likeness (QED) is 0.212. The summed E-state index contributed by atoms with van der Waals surface area (Å²) in [5, 5.41) is 19.2. The highest BCUT2D eigenvalue weighted by molar-refractivity contribution is 9.09. The summed E-state index contributed by atoms with van der Waals surface area (Å²) in [6.45, 7) is -0.266. The van der Waals surface area contributed by atoms with Crippen LogP contribution in [0.25, 0.3) is 0 Å². The van der Waals surface area contributed by atoms with Gasteiger partial charge in [0.2, 0.25) is 11.8 Å². The predicted octanol–water partition coefficient (Wildman–Crippen LogP) is 2.59. The van der Waals surface area contributed by atoms with Crippen molar-refractivity contribution in [2.24, 2.45) is 17.8 Å². The first kappa shape index (κ1) is 27.0. The van der Waals surface area contributed by atoms with Crippen LogP contribution in [0.15, 0.2) is 29.8 Å². The van der Waals surface area contributed by atoms with Gasteiger partial charge in [-0.3, -0.25) is 33.8 Å². The number of alkyl halides is 3. The molecule has 0 radical (unpaired) electrons. The predicted molar refractivity (Wildman–Crippen MR) is 137 cm³/mol. The molecule has 2 aliphatic carbocycles. The molecule has 4 aliphatic rings. The Balaban J connectivity index is 1.69. The Labute approximate surface area is 235 Å². The van der Waals surface area contributed by atoms with Crippen molar-refractivity contribution in [3.05, 3.63) is 35.4 Å². The van der Waals surface area contributed by atoms with E-state index in [0.29, 0.717) is 11.1 Å². The van der Waals surface area contributed by atoms with Gasteiger partial charge in [-0.2, -0.15) is 0 Å². The summed E-state index contributed by atoms with van der Waals surface area (Å²) in [5.41, 5.74) is 0.806. The molecule has 1 aromatic carbocycles. The van der Waals surface area contributed by atoms with Crippen LogP contribution in [0.2, 0.25) is 0 Å². The number of carbonyl (C=O) groups excluding carboxylic acids is 4. The zero-order valence-electron chi connectivity index (χ0n) is 20.0. The topological polar surface area (TPSA) is 142 Å². The van der Waals surface area contributed by atoms with Crippen LogP contribution in [0, 0.1) is 17.8 Å². The number of methoxy groups -OCH3 is 1. The van der Waals surface area contributed by atoms with E-state index >= 15 is 0 Å². The van der Waals surface area contributed by atoms with Crippen LogP contribution in [0.5, 0.6) is 11.5 Å². The minimum atomic E-state index is -1.99. The van der Waals surface area contributed by atoms with Crippen molar-refractivity contribution < 1.29 is 38.9 Å². The largest absolute Gasteiger partial charge is 0.508 e. The number of phenols is 1. The van der Waals surface area contributed by atoms with Crippen molar-refractivity contribution in [3.8, 4) is 11.5 Å². The number of carboxylic acids is 1. The number of ether oxygens (including phenoxy) is 1. The molecule has 4 amide bonds. The molecule has 2 aliphatic heterocycles. The van der Waals surface area contributed by atoms with Crippen molar-refractivity contribution in [1.29, 1.82) is 0 Å². The van der Waals surface area contributed by atoms with Crippen LogP contribution in [-0.4, -0.2) is 78.5 Å². The fourth-order valence-corrected chi connectivity index (χ4v) is 7.95. The number of carbonyl (C=O) groups is 5. The summed E-state index contributed by atoms with van der Waals surface area (Å²) in [6, 6.07) is 4.28. The van der Waals surface area contributed by atoms with Crippen molar-refractivity contribution in [2.45, 2.75) is 34.9 Å². The number of rotatable bonds is 6. The van der Waals surface area contributed by atoms with Crippen LogP contribution in [0.1, 0.15) is 30.7 Å².